The maximum atomic E-state index is 2.46. The molecule has 3 heteroatoms. The first-order valence-electron chi connectivity index (χ1n) is 29.2. The van der Waals surface area contributed by atoms with Crippen LogP contribution in [0.15, 0.2) is 279 Å². The molecule has 0 atom stereocenters. The molecule has 2 nitrogen and oxygen atoms in total. The summed E-state index contributed by atoms with van der Waals surface area (Å²) >= 11 is 1.89. The second kappa shape index (κ2) is 19.6. The van der Waals surface area contributed by atoms with Gasteiger partial charge in [-0.15, -0.1) is 11.3 Å². The second-order valence-corrected chi connectivity index (χ2v) is 24.3. The number of anilines is 6. The van der Waals surface area contributed by atoms with E-state index in [-0.39, 0.29) is 5.41 Å². The maximum absolute atomic E-state index is 2.46. The van der Waals surface area contributed by atoms with E-state index in [9.17, 15) is 0 Å². The van der Waals surface area contributed by atoms with Crippen molar-refractivity contribution in [2.45, 2.75) is 33.1 Å². The number of benzene rings is 14. The fraction of sp³-hybridized carbons (Fsp3) is 0.0617. The van der Waals surface area contributed by atoms with E-state index in [1.54, 1.807) is 0 Å². The molecule has 1 aliphatic carbocycles. The van der Waals surface area contributed by atoms with Crippen molar-refractivity contribution < 1.29 is 0 Å². The van der Waals surface area contributed by atoms with E-state index in [4.69, 9.17) is 0 Å². The van der Waals surface area contributed by atoms with Gasteiger partial charge in [-0.3, -0.25) is 0 Å². The highest BCUT2D eigenvalue weighted by Crippen LogP contribution is 2.53. The van der Waals surface area contributed by atoms with Crippen LogP contribution in [0.25, 0.3) is 108 Å². The SMILES string of the molecule is Cc1cc(-c2cccc3c2sc2ccccc23)ccc1-c1ccc(N(c2ccc(-c3ccc4c5ccccc5c5ccccc5c4c3)cc2)c2ccc3c(c2)C(C)(C)c2cc(N(c4ccccc4)c4cccc5ccccc45)ccc2-3)cc1C. The monoisotopic (exact) mass is 1090 g/mol. The molecule has 1 heterocycles. The van der Waals surface area contributed by atoms with Gasteiger partial charge < -0.3 is 9.80 Å². The first-order valence-corrected chi connectivity index (χ1v) is 30.0. The standard InChI is InChI=1S/C81H58N2S/c1-51-46-56(65-28-17-29-74-73-27-14-15-31-79(73)84-80(65)74)35-41-62(51)63-43-38-59(47-52(63)2)82(58-36-32-53(33-37-58)55-34-42-70-68-25-11-10-23-66(68)67-24-12-13-26-69(67)75(70)48-55)60-39-44-71-72-45-40-61(50-77(72)81(3,4)76(71)49-60)83(57-20-6-5-7-21-57)78-30-16-19-54-18-8-9-22-64(54)78/h5-50H,1-4H3. The summed E-state index contributed by atoms with van der Waals surface area (Å²) in [5.41, 5.74) is 21.6. The summed E-state index contributed by atoms with van der Waals surface area (Å²) in [7, 11) is 0. The maximum Gasteiger partial charge on any atom is 0.0540 e. The Hall–Kier alpha value is -10.1. The third-order valence-corrected chi connectivity index (χ3v) is 19.3. The predicted molar refractivity (Wildman–Crippen MR) is 362 cm³/mol. The van der Waals surface area contributed by atoms with Crippen LogP contribution in [0.3, 0.4) is 0 Å². The van der Waals surface area contributed by atoms with E-state index < -0.39 is 0 Å². The van der Waals surface area contributed by atoms with Crippen molar-refractivity contribution in [1.82, 2.24) is 0 Å². The molecule has 0 amide bonds. The van der Waals surface area contributed by atoms with Gasteiger partial charge in [-0.25, -0.2) is 0 Å². The zero-order chi connectivity index (χ0) is 56.2. The molecule has 15 aromatic rings. The molecular weight excluding hydrogens is 1030 g/mol. The van der Waals surface area contributed by atoms with Gasteiger partial charge in [-0.05, 0) is 197 Å². The number of hydrogen-bond donors (Lipinski definition) is 0. The largest absolute Gasteiger partial charge is 0.310 e. The lowest BCUT2D eigenvalue weighted by molar-refractivity contribution is 0.660. The number of para-hydroxylation sites is 1. The molecule has 0 radical (unpaired) electrons. The Morgan fingerprint density at radius 2 is 0.762 bits per heavy atom. The Balaban J connectivity index is 0.796. The van der Waals surface area contributed by atoms with E-state index in [0.29, 0.717) is 0 Å². The van der Waals surface area contributed by atoms with E-state index in [0.717, 1.165) is 34.1 Å². The van der Waals surface area contributed by atoms with Gasteiger partial charge in [0.15, 0.2) is 0 Å². The Morgan fingerprint density at radius 1 is 0.286 bits per heavy atom. The summed E-state index contributed by atoms with van der Waals surface area (Å²) in [5.74, 6) is 0. The summed E-state index contributed by atoms with van der Waals surface area (Å²) < 4.78 is 2.67. The lowest BCUT2D eigenvalue weighted by Crippen LogP contribution is -2.17. The normalized spacial score (nSPS) is 12.6. The molecule has 0 saturated heterocycles. The summed E-state index contributed by atoms with van der Waals surface area (Å²) in [5, 5.41) is 12.8. The van der Waals surface area contributed by atoms with Gasteiger partial charge in [0.1, 0.15) is 0 Å². The highest BCUT2D eigenvalue weighted by atomic mass is 32.1. The molecule has 0 unspecified atom stereocenters. The predicted octanol–water partition coefficient (Wildman–Crippen LogP) is 23.5. The fourth-order valence-electron chi connectivity index (χ4n) is 13.9. The van der Waals surface area contributed by atoms with Crippen LogP contribution in [-0.2, 0) is 5.41 Å². The molecule has 398 valence electrons. The van der Waals surface area contributed by atoms with Crippen LogP contribution in [0.2, 0.25) is 0 Å². The summed E-state index contributed by atoms with van der Waals surface area (Å²) in [6.07, 6.45) is 0. The molecule has 1 aromatic heterocycles. The van der Waals surface area contributed by atoms with Gasteiger partial charge in [0, 0.05) is 59.4 Å². The van der Waals surface area contributed by atoms with E-state index in [2.05, 4.69) is 317 Å². The van der Waals surface area contributed by atoms with Crippen molar-refractivity contribution in [2.24, 2.45) is 0 Å². The number of thiophene rings is 1. The Morgan fingerprint density at radius 3 is 1.44 bits per heavy atom. The van der Waals surface area contributed by atoms with Crippen molar-refractivity contribution in [3.63, 3.8) is 0 Å². The zero-order valence-corrected chi connectivity index (χ0v) is 48.2. The minimum Gasteiger partial charge on any atom is -0.310 e. The average Bonchev–Trinajstić information content (AvgIpc) is 2.06. The lowest BCUT2D eigenvalue weighted by atomic mass is 9.82. The van der Waals surface area contributed by atoms with Gasteiger partial charge in [-0.1, -0.05) is 214 Å². The Bertz CT molecular complexity index is 5100. The lowest BCUT2D eigenvalue weighted by Gasteiger charge is -2.30. The van der Waals surface area contributed by atoms with Crippen LogP contribution in [0.5, 0.6) is 0 Å². The van der Waals surface area contributed by atoms with E-state index in [1.807, 2.05) is 11.3 Å². The number of rotatable bonds is 9. The van der Waals surface area contributed by atoms with Crippen LogP contribution >= 0.6 is 11.3 Å². The molecule has 0 N–H and O–H groups in total. The zero-order valence-electron chi connectivity index (χ0n) is 47.4. The molecule has 14 aromatic carbocycles. The third kappa shape index (κ3) is 7.98. The molecule has 0 fully saturated rings. The van der Waals surface area contributed by atoms with Gasteiger partial charge in [-0.2, -0.15) is 0 Å². The summed E-state index contributed by atoms with van der Waals surface area (Å²) in [6, 6.07) is 104. The first-order chi connectivity index (χ1) is 41.2. The highest BCUT2D eigenvalue weighted by molar-refractivity contribution is 7.26. The van der Waals surface area contributed by atoms with Crippen molar-refractivity contribution in [3.8, 4) is 44.5 Å². The molecule has 1 aliphatic rings. The van der Waals surface area contributed by atoms with Crippen molar-refractivity contribution in [1.29, 1.82) is 0 Å². The van der Waals surface area contributed by atoms with E-state index in [1.165, 1.54) is 130 Å². The molecule has 0 bridgehead atoms. The number of fused-ring (bicyclic) bond motifs is 13. The average molecular weight is 1090 g/mol. The number of hydrogen-bond acceptors (Lipinski definition) is 3. The molecule has 0 spiro atoms. The quantitative estimate of drug-likeness (QED) is 0.133. The van der Waals surface area contributed by atoms with Crippen molar-refractivity contribution >= 4 is 109 Å². The van der Waals surface area contributed by atoms with Crippen LogP contribution < -0.4 is 9.80 Å². The number of aryl methyl sites for hydroxylation is 2. The van der Waals surface area contributed by atoms with Gasteiger partial charge >= 0.3 is 0 Å². The van der Waals surface area contributed by atoms with Crippen LogP contribution in [-0.4, -0.2) is 0 Å². The number of nitrogens with zero attached hydrogens (tertiary/aromatic N) is 2. The second-order valence-electron chi connectivity index (χ2n) is 23.3. The van der Waals surface area contributed by atoms with Gasteiger partial charge in [0.25, 0.3) is 0 Å². The van der Waals surface area contributed by atoms with Crippen LogP contribution in [0.4, 0.5) is 34.1 Å². The van der Waals surface area contributed by atoms with Crippen molar-refractivity contribution in [3.05, 3.63) is 301 Å². The van der Waals surface area contributed by atoms with Gasteiger partial charge in [0.05, 0.1) is 5.69 Å². The first kappa shape index (κ1) is 49.7. The smallest absolute Gasteiger partial charge is 0.0540 e. The Labute approximate surface area is 494 Å². The van der Waals surface area contributed by atoms with Gasteiger partial charge in [0.2, 0.25) is 0 Å². The molecular formula is C81H58N2S. The summed E-state index contributed by atoms with van der Waals surface area (Å²) in [4.78, 5) is 4.89. The van der Waals surface area contributed by atoms with E-state index >= 15 is 0 Å². The minimum absolute atomic E-state index is 0.301. The summed E-state index contributed by atoms with van der Waals surface area (Å²) in [6.45, 7) is 9.34. The molecule has 84 heavy (non-hydrogen) atoms. The topological polar surface area (TPSA) is 6.48 Å². The molecule has 0 saturated carbocycles. The molecule has 0 aliphatic heterocycles. The third-order valence-electron chi connectivity index (χ3n) is 18.1. The Kier molecular flexibility index (Phi) is 11.6. The fourth-order valence-corrected chi connectivity index (χ4v) is 15.2. The highest BCUT2D eigenvalue weighted by Gasteiger charge is 2.37. The molecule has 16 rings (SSSR count). The van der Waals surface area contributed by atoms with Crippen LogP contribution in [0, 0.1) is 13.8 Å². The minimum atomic E-state index is -0.301. The van der Waals surface area contributed by atoms with Crippen molar-refractivity contribution in [2.75, 3.05) is 9.80 Å². The van der Waals surface area contributed by atoms with Crippen LogP contribution in [0.1, 0.15) is 36.1 Å².